The summed E-state index contributed by atoms with van der Waals surface area (Å²) in [7, 11) is 7.71. The van der Waals surface area contributed by atoms with Crippen LogP contribution in [0.2, 0.25) is 0 Å². The highest BCUT2D eigenvalue weighted by atomic mass is 16.6. The molecule has 1 aromatic carbocycles. The number of carbonyl (C=O) groups is 1. The Balaban J connectivity index is 2.08. The first-order valence-electron chi connectivity index (χ1n) is 7.23. The van der Waals surface area contributed by atoms with Gasteiger partial charge in [0.05, 0.1) is 6.61 Å². The minimum atomic E-state index is -0.483. The number of para-hydroxylation sites is 1. The van der Waals surface area contributed by atoms with E-state index in [1.807, 2.05) is 39.0 Å². The standard InChI is InChI=1S/C16H22BNO3/c1-16(2,3)21-15(19)18(4)10-11-8-9-20-14-12(11)6-5-7-13(14)17/h5-7,11H,8-10H2,1-4H3/t11-/m0/s1. The van der Waals surface area contributed by atoms with E-state index < -0.39 is 5.60 Å². The van der Waals surface area contributed by atoms with E-state index in [2.05, 4.69) is 0 Å². The minimum absolute atomic E-state index is 0.217. The molecule has 112 valence electrons. The third-order valence-corrected chi connectivity index (χ3v) is 3.43. The van der Waals surface area contributed by atoms with Crippen LogP contribution in [-0.4, -0.2) is 44.6 Å². The summed E-state index contributed by atoms with van der Waals surface area (Å²) in [6.45, 7) is 6.80. The van der Waals surface area contributed by atoms with Crippen molar-refractivity contribution in [2.75, 3.05) is 20.2 Å². The van der Waals surface area contributed by atoms with Crippen molar-refractivity contribution in [2.45, 2.75) is 38.7 Å². The SMILES string of the molecule is [B]c1cccc2c1OCC[C@H]2CN(C)C(=O)OC(C)(C)C. The van der Waals surface area contributed by atoms with Gasteiger partial charge in [0.1, 0.15) is 19.2 Å². The number of hydrogen-bond acceptors (Lipinski definition) is 3. The van der Waals surface area contributed by atoms with Crippen molar-refractivity contribution in [3.05, 3.63) is 23.8 Å². The topological polar surface area (TPSA) is 38.8 Å². The van der Waals surface area contributed by atoms with Gasteiger partial charge in [-0.15, -0.1) is 0 Å². The summed E-state index contributed by atoms with van der Waals surface area (Å²) in [4.78, 5) is 13.7. The molecule has 4 nitrogen and oxygen atoms in total. The molecule has 1 heterocycles. The first-order valence-corrected chi connectivity index (χ1v) is 7.23. The van der Waals surface area contributed by atoms with E-state index in [1.165, 1.54) is 0 Å². The van der Waals surface area contributed by atoms with E-state index in [9.17, 15) is 4.79 Å². The van der Waals surface area contributed by atoms with Gasteiger partial charge in [0.2, 0.25) is 0 Å². The maximum atomic E-state index is 12.1. The van der Waals surface area contributed by atoms with Crippen molar-refractivity contribution in [3.8, 4) is 5.75 Å². The molecule has 0 aliphatic carbocycles. The second kappa shape index (κ2) is 6.00. The summed E-state index contributed by atoms with van der Waals surface area (Å²) in [6.07, 6.45) is 0.559. The highest BCUT2D eigenvalue weighted by molar-refractivity contribution is 6.34. The van der Waals surface area contributed by atoms with E-state index in [0.29, 0.717) is 18.6 Å². The van der Waals surface area contributed by atoms with Crippen LogP contribution in [0.4, 0.5) is 4.79 Å². The molecule has 21 heavy (non-hydrogen) atoms. The highest BCUT2D eigenvalue weighted by Crippen LogP contribution is 2.32. The number of amides is 1. The number of fused-ring (bicyclic) bond motifs is 1. The van der Waals surface area contributed by atoms with Crippen molar-refractivity contribution in [1.82, 2.24) is 4.90 Å². The predicted octanol–water partition coefficient (Wildman–Crippen LogP) is 2.21. The normalized spacial score (nSPS) is 17.6. The molecule has 0 N–H and O–H groups in total. The molecular weight excluding hydrogens is 265 g/mol. The van der Waals surface area contributed by atoms with Crippen molar-refractivity contribution < 1.29 is 14.3 Å². The van der Waals surface area contributed by atoms with E-state index in [4.69, 9.17) is 17.3 Å². The van der Waals surface area contributed by atoms with Crippen LogP contribution in [0.1, 0.15) is 38.7 Å². The molecule has 1 aliphatic heterocycles. The predicted molar refractivity (Wildman–Crippen MR) is 83.5 cm³/mol. The number of hydrogen-bond donors (Lipinski definition) is 0. The lowest BCUT2D eigenvalue weighted by atomic mass is 9.85. The molecule has 1 amide bonds. The van der Waals surface area contributed by atoms with Gasteiger partial charge < -0.3 is 14.4 Å². The van der Waals surface area contributed by atoms with Crippen LogP contribution in [-0.2, 0) is 4.74 Å². The average molecular weight is 287 g/mol. The lowest BCUT2D eigenvalue weighted by Gasteiger charge is -2.31. The Hall–Kier alpha value is -1.65. The van der Waals surface area contributed by atoms with Gasteiger partial charge in [-0.25, -0.2) is 4.79 Å². The summed E-state index contributed by atoms with van der Waals surface area (Å²) < 4.78 is 11.0. The van der Waals surface area contributed by atoms with Gasteiger partial charge in [-0.05, 0) is 32.8 Å². The van der Waals surface area contributed by atoms with Crippen LogP contribution in [0, 0.1) is 0 Å². The lowest BCUT2D eigenvalue weighted by Crippen LogP contribution is -2.37. The Morgan fingerprint density at radius 2 is 2.19 bits per heavy atom. The zero-order valence-electron chi connectivity index (χ0n) is 13.2. The molecule has 1 aliphatic rings. The molecule has 0 saturated carbocycles. The Morgan fingerprint density at radius 3 is 2.86 bits per heavy atom. The van der Waals surface area contributed by atoms with Crippen LogP contribution >= 0.6 is 0 Å². The van der Waals surface area contributed by atoms with Crippen LogP contribution in [0.5, 0.6) is 5.75 Å². The molecule has 5 heteroatoms. The molecule has 2 radical (unpaired) electrons. The van der Waals surface area contributed by atoms with Crippen molar-refractivity contribution in [2.24, 2.45) is 0 Å². The maximum absolute atomic E-state index is 12.1. The van der Waals surface area contributed by atoms with Gasteiger partial charge >= 0.3 is 6.09 Å². The molecule has 0 unspecified atom stereocenters. The second-order valence-corrected chi connectivity index (χ2v) is 6.46. The summed E-state index contributed by atoms with van der Waals surface area (Å²) in [5.41, 5.74) is 1.23. The molecular formula is C16H22BNO3. The third-order valence-electron chi connectivity index (χ3n) is 3.43. The number of benzene rings is 1. The lowest BCUT2D eigenvalue weighted by molar-refractivity contribution is 0.0281. The van der Waals surface area contributed by atoms with Crippen LogP contribution in [0.15, 0.2) is 18.2 Å². The van der Waals surface area contributed by atoms with Crippen LogP contribution < -0.4 is 10.2 Å². The maximum Gasteiger partial charge on any atom is 0.410 e. The van der Waals surface area contributed by atoms with E-state index in [-0.39, 0.29) is 12.0 Å². The molecule has 0 bridgehead atoms. The van der Waals surface area contributed by atoms with Gasteiger partial charge in [0.25, 0.3) is 0 Å². The first-order chi connectivity index (χ1) is 9.78. The Kier molecular flexibility index (Phi) is 4.50. The number of ether oxygens (including phenoxy) is 2. The fourth-order valence-corrected chi connectivity index (χ4v) is 2.45. The van der Waals surface area contributed by atoms with E-state index in [0.717, 1.165) is 17.7 Å². The minimum Gasteiger partial charge on any atom is -0.494 e. The Labute approximate surface area is 127 Å². The van der Waals surface area contributed by atoms with Gasteiger partial charge in [-0.1, -0.05) is 23.7 Å². The molecule has 2 rings (SSSR count). The van der Waals surface area contributed by atoms with Gasteiger partial charge in [0, 0.05) is 19.5 Å². The Morgan fingerprint density at radius 1 is 1.48 bits per heavy atom. The summed E-state index contributed by atoms with van der Waals surface area (Å²) in [5, 5.41) is 0. The largest absolute Gasteiger partial charge is 0.494 e. The fraction of sp³-hybridized carbons (Fsp3) is 0.562. The molecule has 1 atom stereocenters. The van der Waals surface area contributed by atoms with Crippen molar-refractivity contribution >= 4 is 19.4 Å². The highest BCUT2D eigenvalue weighted by Gasteiger charge is 2.27. The van der Waals surface area contributed by atoms with E-state index >= 15 is 0 Å². The first kappa shape index (κ1) is 15.7. The fourth-order valence-electron chi connectivity index (χ4n) is 2.45. The average Bonchev–Trinajstić information content (AvgIpc) is 2.38. The van der Waals surface area contributed by atoms with E-state index in [1.54, 1.807) is 11.9 Å². The Bertz CT molecular complexity index is 525. The molecule has 0 aromatic heterocycles. The van der Waals surface area contributed by atoms with Crippen LogP contribution in [0.25, 0.3) is 0 Å². The summed E-state index contributed by atoms with van der Waals surface area (Å²) in [5.74, 6) is 0.973. The number of likely N-dealkylation sites (N-methyl/N-ethyl adjacent to an activating group) is 1. The number of nitrogens with zero attached hydrogens (tertiary/aromatic N) is 1. The van der Waals surface area contributed by atoms with Gasteiger partial charge in [-0.2, -0.15) is 0 Å². The van der Waals surface area contributed by atoms with Gasteiger partial charge in [0.15, 0.2) is 0 Å². The van der Waals surface area contributed by atoms with Gasteiger partial charge in [-0.3, -0.25) is 0 Å². The number of carbonyl (C=O) groups excluding carboxylic acids is 1. The second-order valence-electron chi connectivity index (χ2n) is 6.46. The monoisotopic (exact) mass is 287 g/mol. The smallest absolute Gasteiger partial charge is 0.410 e. The number of rotatable bonds is 2. The molecule has 1 aromatic rings. The van der Waals surface area contributed by atoms with Crippen LogP contribution in [0.3, 0.4) is 0 Å². The quantitative estimate of drug-likeness (QED) is 0.783. The zero-order chi connectivity index (χ0) is 15.6. The van der Waals surface area contributed by atoms with Crippen molar-refractivity contribution in [1.29, 1.82) is 0 Å². The summed E-state index contributed by atoms with van der Waals surface area (Å²) >= 11 is 0. The molecule has 0 spiro atoms. The molecule has 0 fully saturated rings. The third kappa shape index (κ3) is 3.93. The van der Waals surface area contributed by atoms with Crippen molar-refractivity contribution in [3.63, 3.8) is 0 Å². The molecule has 0 saturated heterocycles. The summed E-state index contributed by atoms with van der Waals surface area (Å²) in [6, 6.07) is 5.76. The zero-order valence-corrected chi connectivity index (χ0v) is 13.2.